The van der Waals surface area contributed by atoms with Gasteiger partial charge in [-0.05, 0) is 6.42 Å². The van der Waals surface area contributed by atoms with E-state index in [4.69, 9.17) is 0 Å². The third-order valence-corrected chi connectivity index (χ3v) is 4.04. The zero-order valence-electron chi connectivity index (χ0n) is 11.9. The summed E-state index contributed by atoms with van der Waals surface area (Å²) in [4.78, 5) is 27.5. The molecule has 1 N–H and O–H groups in total. The molecule has 2 heterocycles. The summed E-state index contributed by atoms with van der Waals surface area (Å²) < 4.78 is 0. The molecule has 1 unspecified atom stereocenters. The van der Waals surface area contributed by atoms with Crippen molar-refractivity contribution >= 4 is 11.8 Å². The summed E-state index contributed by atoms with van der Waals surface area (Å²) in [5.74, 6) is -0.597. The van der Waals surface area contributed by atoms with E-state index in [9.17, 15) is 9.59 Å². The molecule has 0 aromatic heterocycles. The van der Waals surface area contributed by atoms with Crippen molar-refractivity contribution in [3.8, 4) is 0 Å². The number of amides is 2. The summed E-state index contributed by atoms with van der Waals surface area (Å²) in [6, 6.07) is 0.176. The largest absolute Gasteiger partial charge is 0.332 e. The van der Waals surface area contributed by atoms with E-state index in [-0.39, 0.29) is 17.9 Å². The van der Waals surface area contributed by atoms with Crippen LogP contribution in [0, 0.1) is 0 Å². The zero-order valence-corrected chi connectivity index (χ0v) is 11.9. The second-order valence-electron chi connectivity index (χ2n) is 5.52. The molecule has 19 heavy (non-hydrogen) atoms. The minimum Gasteiger partial charge on any atom is -0.332 e. The quantitative estimate of drug-likeness (QED) is 0.566. The first-order valence-electron chi connectivity index (χ1n) is 7.54. The first-order chi connectivity index (χ1) is 9.24. The van der Waals surface area contributed by atoms with Crippen LogP contribution in [0.3, 0.4) is 0 Å². The molecule has 2 rings (SSSR count). The maximum absolute atomic E-state index is 12.0. The minimum absolute atomic E-state index is 0.176. The fourth-order valence-electron chi connectivity index (χ4n) is 2.89. The van der Waals surface area contributed by atoms with Crippen LogP contribution in [0.1, 0.15) is 39.0 Å². The molecule has 2 fully saturated rings. The van der Waals surface area contributed by atoms with Gasteiger partial charge in [0.25, 0.3) is 0 Å². The molecule has 2 saturated heterocycles. The summed E-state index contributed by atoms with van der Waals surface area (Å²) in [6.07, 6.45) is 5.87. The highest BCUT2D eigenvalue weighted by Gasteiger charge is 2.39. The highest BCUT2D eigenvalue weighted by Crippen LogP contribution is 2.15. The van der Waals surface area contributed by atoms with Crippen LogP contribution in [0.4, 0.5) is 0 Å². The van der Waals surface area contributed by atoms with Gasteiger partial charge < -0.3 is 15.1 Å². The van der Waals surface area contributed by atoms with Gasteiger partial charge in [0.1, 0.15) is 0 Å². The van der Waals surface area contributed by atoms with Crippen molar-refractivity contribution in [2.45, 2.75) is 45.1 Å². The van der Waals surface area contributed by atoms with Crippen LogP contribution in [-0.4, -0.2) is 60.4 Å². The van der Waals surface area contributed by atoms with Crippen molar-refractivity contribution in [3.05, 3.63) is 0 Å². The number of hydrogen-bond donors (Lipinski definition) is 1. The molecule has 0 bridgehead atoms. The number of nitrogens with one attached hydrogen (secondary N) is 1. The maximum atomic E-state index is 12.0. The van der Waals surface area contributed by atoms with Crippen molar-refractivity contribution < 1.29 is 9.59 Å². The Morgan fingerprint density at radius 1 is 1.16 bits per heavy atom. The normalized spacial score (nSPS) is 23.7. The monoisotopic (exact) mass is 267 g/mol. The molecule has 5 nitrogen and oxygen atoms in total. The Morgan fingerprint density at radius 3 is 2.74 bits per heavy atom. The van der Waals surface area contributed by atoms with Crippen LogP contribution >= 0.6 is 0 Å². The Labute approximate surface area is 115 Å². The van der Waals surface area contributed by atoms with Gasteiger partial charge in [0.15, 0.2) is 0 Å². The average Bonchev–Trinajstić information content (AvgIpc) is 2.44. The molecule has 0 aromatic rings. The molecular formula is C14H25N3O2. The van der Waals surface area contributed by atoms with Gasteiger partial charge in [-0.15, -0.1) is 0 Å². The van der Waals surface area contributed by atoms with E-state index in [1.807, 2.05) is 0 Å². The number of hydrogen-bond acceptors (Lipinski definition) is 3. The molecular weight excluding hydrogens is 242 g/mol. The lowest BCUT2D eigenvalue weighted by molar-refractivity contribution is -0.159. The van der Waals surface area contributed by atoms with Crippen LogP contribution in [0.2, 0.25) is 0 Å². The molecule has 0 spiro atoms. The standard InChI is InChI=1S/C14H25N3O2/c1-2-3-4-5-6-8-16-11-12-10-15-7-9-17(12)14(19)13(16)18/h12,15H,2-11H2,1H3. The van der Waals surface area contributed by atoms with Crippen molar-refractivity contribution in [2.24, 2.45) is 0 Å². The molecule has 5 heteroatoms. The number of unbranched alkanes of at least 4 members (excludes halogenated alkanes) is 4. The predicted molar refractivity (Wildman–Crippen MR) is 73.7 cm³/mol. The first-order valence-corrected chi connectivity index (χ1v) is 7.54. The van der Waals surface area contributed by atoms with Crippen LogP contribution < -0.4 is 5.32 Å². The highest BCUT2D eigenvalue weighted by atomic mass is 16.2. The van der Waals surface area contributed by atoms with Crippen LogP contribution in [-0.2, 0) is 9.59 Å². The van der Waals surface area contributed by atoms with Crippen molar-refractivity contribution in [1.29, 1.82) is 0 Å². The fourth-order valence-corrected chi connectivity index (χ4v) is 2.89. The summed E-state index contributed by atoms with van der Waals surface area (Å²) in [5.41, 5.74) is 0. The van der Waals surface area contributed by atoms with Gasteiger partial charge in [0, 0.05) is 32.7 Å². The van der Waals surface area contributed by atoms with E-state index >= 15 is 0 Å². The summed E-state index contributed by atoms with van der Waals surface area (Å²) in [7, 11) is 0. The zero-order chi connectivity index (χ0) is 13.7. The number of carbonyl (C=O) groups is 2. The molecule has 2 aliphatic heterocycles. The number of nitrogens with zero attached hydrogens (tertiary/aromatic N) is 2. The summed E-state index contributed by atoms with van der Waals surface area (Å²) >= 11 is 0. The van der Waals surface area contributed by atoms with Crippen LogP contribution in [0.5, 0.6) is 0 Å². The predicted octanol–water partition coefficient (Wildman–Crippen LogP) is 0.599. The lowest BCUT2D eigenvalue weighted by atomic mass is 10.1. The number of fused-ring (bicyclic) bond motifs is 1. The second-order valence-corrected chi connectivity index (χ2v) is 5.52. The van der Waals surface area contributed by atoms with Gasteiger partial charge >= 0.3 is 11.8 Å². The fraction of sp³-hybridized carbons (Fsp3) is 0.857. The third-order valence-electron chi connectivity index (χ3n) is 4.04. The average molecular weight is 267 g/mol. The van der Waals surface area contributed by atoms with E-state index in [2.05, 4.69) is 12.2 Å². The SMILES string of the molecule is CCCCCCCN1CC2CNCCN2C(=O)C1=O. The Morgan fingerprint density at radius 2 is 1.95 bits per heavy atom. The van der Waals surface area contributed by atoms with E-state index < -0.39 is 0 Å². The lowest BCUT2D eigenvalue weighted by Crippen LogP contribution is -2.65. The van der Waals surface area contributed by atoms with E-state index in [1.165, 1.54) is 19.3 Å². The molecule has 2 amide bonds. The maximum Gasteiger partial charge on any atom is 0.312 e. The summed E-state index contributed by atoms with van der Waals surface area (Å²) in [5, 5.41) is 3.29. The molecule has 108 valence electrons. The Bertz CT molecular complexity index is 333. The number of carbonyl (C=O) groups excluding carboxylic acids is 2. The Kier molecular flexibility index (Phi) is 5.19. The molecule has 0 aromatic carbocycles. The van der Waals surface area contributed by atoms with Gasteiger partial charge in [-0.1, -0.05) is 32.6 Å². The van der Waals surface area contributed by atoms with Gasteiger partial charge in [-0.3, -0.25) is 9.59 Å². The van der Waals surface area contributed by atoms with Crippen molar-refractivity contribution in [2.75, 3.05) is 32.7 Å². The third kappa shape index (κ3) is 3.47. The Hall–Kier alpha value is -1.10. The number of rotatable bonds is 6. The molecule has 1 atom stereocenters. The molecule has 0 aliphatic carbocycles. The molecule has 0 saturated carbocycles. The lowest BCUT2D eigenvalue weighted by Gasteiger charge is -2.43. The van der Waals surface area contributed by atoms with E-state index in [0.717, 1.165) is 32.5 Å². The smallest absolute Gasteiger partial charge is 0.312 e. The van der Waals surface area contributed by atoms with E-state index in [0.29, 0.717) is 13.1 Å². The molecule has 0 radical (unpaired) electrons. The van der Waals surface area contributed by atoms with Crippen LogP contribution in [0.25, 0.3) is 0 Å². The van der Waals surface area contributed by atoms with Crippen molar-refractivity contribution in [3.63, 3.8) is 0 Å². The number of piperazine rings is 2. The second kappa shape index (κ2) is 6.89. The van der Waals surface area contributed by atoms with Gasteiger partial charge in [-0.2, -0.15) is 0 Å². The Balaban J connectivity index is 1.80. The van der Waals surface area contributed by atoms with Crippen molar-refractivity contribution in [1.82, 2.24) is 15.1 Å². The van der Waals surface area contributed by atoms with Crippen LogP contribution in [0.15, 0.2) is 0 Å². The van der Waals surface area contributed by atoms with Gasteiger partial charge in [-0.25, -0.2) is 0 Å². The minimum atomic E-state index is -0.300. The molecule has 2 aliphatic rings. The topological polar surface area (TPSA) is 52.6 Å². The summed E-state index contributed by atoms with van der Waals surface area (Å²) in [6.45, 7) is 5.90. The van der Waals surface area contributed by atoms with Gasteiger partial charge in [0.2, 0.25) is 0 Å². The highest BCUT2D eigenvalue weighted by molar-refractivity contribution is 6.35. The first kappa shape index (κ1) is 14.3. The van der Waals surface area contributed by atoms with Gasteiger partial charge in [0.05, 0.1) is 6.04 Å². The van der Waals surface area contributed by atoms with E-state index in [1.54, 1.807) is 9.80 Å².